The maximum atomic E-state index is 5.85. The van der Waals surface area contributed by atoms with Gasteiger partial charge in [-0.05, 0) is 31.9 Å². The Morgan fingerprint density at radius 3 is 2.86 bits per heavy atom. The van der Waals surface area contributed by atoms with Crippen LogP contribution >= 0.6 is 0 Å². The molecule has 0 amide bonds. The highest BCUT2D eigenvalue weighted by Gasteiger charge is 2.14. The SMILES string of the molecule is C#CCOc1ccccc1CNCCCOC1CCCC1. The monoisotopic (exact) mass is 287 g/mol. The highest BCUT2D eigenvalue weighted by molar-refractivity contribution is 5.33. The second-order valence-electron chi connectivity index (χ2n) is 5.41. The van der Waals surface area contributed by atoms with Gasteiger partial charge in [-0.1, -0.05) is 37.0 Å². The second kappa shape index (κ2) is 9.44. The van der Waals surface area contributed by atoms with E-state index in [1.165, 1.54) is 25.7 Å². The molecule has 0 spiro atoms. The minimum Gasteiger partial charge on any atom is -0.481 e. The quantitative estimate of drug-likeness (QED) is 0.559. The standard InChI is InChI=1S/C18H25NO2/c1-2-13-21-18-11-6-3-8-16(18)15-19-12-7-14-20-17-9-4-5-10-17/h1,3,6,8,11,17,19H,4-5,7,9-10,12-15H2. The van der Waals surface area contributed by atoms with E-state index in [9.17, 15) is 0 Å². The largest absolute Gasteiger partial charge is 0.481 e. The molecule has 0 unspecified atom stereocenters. The Morgan fingerprint density at radius 1 is 1.24 bits per heavy atom. The summed E-state index contributed by atoms with van der Waals surface area (Å²) in [7, 11) is 0. The Kier molecular flexibility index (Phi) is 7.14. The van der Waals surface area contributed by atoms with Gasteiger partial charge in [0.15, 0.2) is 0 Å². The van der Waals surface area contributed by atoms with Gasteiger partial charge in [0.05, 0.1) is 6.10 Å². The second-order valence-corrected chi connectivity index (χ2v) is 5.41. The molecule has 0 saturated heterocycles. The smallest absolute Gasteiger partial charge is 0.148 e. The third-order valence-corrected chi connectivity index (χ3v) is 3.75. The van der Waals surface area contributed by atoms with E-state index in [2.05, 4.69) is 17.3 Å². The van der Waals surface area contributed by atoms with Crippen LogP contribution in [-0.2, 0) is 11.3 Å². The number of para-hydroxylation sites is 1. The van der Waals surface area contributed by atoms with Gasteiger partial charge in [-0.2, -0.15) is 0 Å². The average Bonchev–Trinajstić information content (AvgIpc) is 3.03. The lowest BCUT2D eigenvalue weighted by Gasteiger charge is -2.12. The molecule has 1 aliphatic carbocycles. The molecule has 1 aromatic rings. The predicted octanol–water partition coefficient (Wildman–Crippen LogP) is 3.14. The van der Waals surface area contributed by atoms with Crippen LogP contribution in [-0.4, -0.2) is 25.9 Å². The van der Waals surface area contributed by atoms with Gasteiger partial charge in [0.2, 0.25) is 0 Å². The minimum absolute atomic E-state index is 0.312. The first-order valence-corrected chi connectivity index (χ1v) is 7.86. The molecule has 0 aromatic heterocycles. The van der Waals surface area contributed by atoms with Crippen molar-refractivity contribution in [2.24, 2.45) is 0 Å². The molecule has 1 aromatic carbocycles. The fraction of sp³-hybridized carbons (Fsp3) is 0.556. The molecule has 0 aliphatic heterocycles. The van der Waals surface area contributed by atoms with Crippen LogP contribution < -0.4 is 10.1 Å². The summed E-state index contributed by atoms with van der Waals surface area (Å²) in [6.45, 7) is 2.92. The first-order valence-electron chi connectivity index (χ1n) is 7.86. The molecule has 1 aliphatic rings. The summed E-state index contributed by atoms with van der Waals surface area (Å²) in [6.07, 6.45) is 11.9. The van der Waals surface area contributed by atoms with Crippen molar-refractivity contribution < 1.29 is 9.47 Å². The Morgan fingerprint density at radius 2 is 2.05 bits per heavy atom. The van der Waals surface area contributed by atoms with Crippen molar-refractivity contribution in [2.75, 3.05) is 19.8 Å². The Balaban J connectivity index is 1.60. The molecular weight excluding hydrogens is 262 g/mol. The van der Waals surface area contributed by atoms with Crippen LogP contribution in [0.15, 0.2) is 24.3 Å². The number of benzene rings is 1. The van der Waals surface area contributed by atoms with Gasteiger partial charge in [-0.25, -0.2) is 0 Å². The van der Waals surface area contributed by atoms with Gasteiger partial charge in [0.1, 0.15) is 12.4 Å². The zero-order chi connectivity index (χ0) is 14.8. The minimum atomic E-state index is 0.312. The van der Waals surface area contributed by atoms with Gasteiger partial charge < -0.3 is 14.8 Å². The van der Waals surface area contributed by atoms with Crippen molar-refractivity contribution >= 4 is 0 Å². The summed E-state index contributed by atoms with van der Waals surface area (Å²) >= 11 is 0. The molecule has 1 fully saturated rings. The number of hydrogen-bond acceptors (Lipinski definition) is 3. The Bertz CT molecular complexity index is 447. The first-order chi connectivity index (χ1) is 10.4. The molecule has 0 bridgehead atoms. The summed E-state index contributed by atoms with van der Waals surface area (Å²) in [5.41, 5.74) is 1.14. The van der Waals surface area contributed by atoms with E-state index < -0.39 is 0 Å². The van der Waals surface area contributed by atoms with Gasteiger partial charge in [-0.15, -0.1) is 6.42 Å². The van der Waals surface area contributed by atoms with E-state index in [0.29, 0.717) is 12.7 Å². The third-order valence-electron chi connectivity index (χ3n) is 3.75. The van der Waals surface area contributed by atoms with E-state index >= 15 is 0 Å². The van der Waals surface area contributed by atoms with Crippen LogP contribution in [0.1, 0.15) is 37.7 Å². The highest BCUT2D eigenvalue weighted by Crippen LogP contribution is 2.21. The molecule has 3 nitrogen and oxygen atoms in total. The molecule has 0 radical (unpaired) electrons. The number of nitrogens with one attached hydrogen (secondary N) is 1. The molecule has 1 saturated carbocycles. The van der Waals surface area contributed by atoms with Crippen LogP contribution in [0.25, 0.3) is 0 Å². The van der Waals surface area contributed by atoms with Crippen molar-refractivity contribution in [3.63, 3.8) is 0 Å². The molecule has 0 atom stereocenters. The van der Waals surface area contributed by atoms with Crippen molar-refractivity contribution in [1.82, 2.24) is 5.32 Å². The number of terminal acetylenes is 1. The molecule has 3 heteroatoms. The summed E-state index contributed by atoms with van der Waals surface area (Å²) in [5.74, 6) is 3.36. The topological polar surface area (TPSA) is 30.5 Å². The number of rotatable bonds is 9. The fourth-order valence-electron chi connectivity index (χ4n) is 2.64. The number of hydrogen-bond donors (Lipinski definition) is 1. The van der Waals surface area contributed by atoms with E-state index in [4.69, 9.17) is 15.9 Å². The van der Waals surface area contributed by atoms with E-state index in [1.807, 2.05) is 18.2 Å². The lowest BCUT2D eigenvalue weighted by Crippen LogP contribution is -2.18. The molecule has 1 N–H and O–H groups in total. The predicted molar refractivity (Wildman–Crippen MR) is 85.3 cm³/mol. The van der Waals surface area contributed by atoms with Crippen LogP contribution in [0.5, 0.6) is 5.75 Å². The van der Waals surface area contributed by atoms with Crippen LogP contribution in [0.3, 0.4) is 0 Å². The van der Waals surface area contributed by atoms with Crippen LogP contribution in [0.4, 0.5) is 0 Å². The molecule has 2 rings (SSSR count). The first kappa shape index (κ1) is 15.9. The Labute approximate surface area is 128 Å². The third kappa shape index (κ3) is 5.79. The summed E-state index contributed by atoms with van der Waals surface area (Å²) < 4.78 is 11.4. The lowest BCUT2D eigenvalue weighted by atomic mass is 10.2. The van der Waals surface area contributed by atoms with Gasteiger partial charge in [-0.3, -0.25) is 0 Å². The normalized spacial score (nSPS) is 15.0. The van der Waals surface area contributed by atoms with E-state index in [-0.39, 0.29) is 0 Å². The van der Waals surface area contributed by atoms with Crippen molar-refractivity contribution in [2.45, 2.75) is 44.8 Å². The fourth-order valence-corrected chi connectivity index (χ4v) is 2.64. The van der Waals surface area contributed by atoms with Crippen molar-refractivity contribution in [3.05, 3.63) is 29.8 Å². The Hall–Kier alpha value is -1.50. The number of ether oxygens (including phenoxy) is 2. The van der Waals surface area contributed by atoms with Crippen LogP contribution in [0, 0.1) is 12.3 Å². The van der Waals surface area contributed by atoms with E-state index in [1.54, 1.807) is 0 Å². The van der Waals surface area contributed by atoms with Crippen LogP contribution in [0.2, 0.25) is 0 Å². The average molecular weight is 287 g/mol. The maximum Gasteiger partial charge on any atom is 0.148 e. The zero-order valence-corrected chi connectivity index (χ0v) is 12.6. The summed E-state index contributed by atoms with van der Waals surface area (Å²) in [6, 6.07) is 8.00. The maximum absolute atomic E-state index is 5.85. The lowest BCUT2D eigenvalue weighted by molar-refractivity contribution is 0.0568. The zero-order valence-electron chi connectivity index (χ0n) is 12.6. The molecule has 21 heavy (non-hydrogen) atoms. The summed E-state index contributed by atoms with van der Waals surface area (Å²) in [5, 5.41) is 3.43. The van der Waals surface area contributed by atoms with Crippen molar-refractivity contribution in [1.29, 1.82) is 0 Å². The van der Waals surface area contributed by atoms with E-state index in [0.717, 1.165) is 37.4 Å². The molecule has 0 heterocycles. The molecular formula is C18H25NO2. The van der Waals surface area contributed by atoms with Gasteiger partial charge in [0, 0.05) is 18.7 Å². The van der Waals surface area contributed by atoms with Crippen molar-refractivity contribution in [3.8, 4) is 18.1 Å². The van der Waals surface area contributed by atoms with Gasteiger partial charge in [0.25, 0.3) is 0 Å². The molecule has 114 valence electrons. The summed E-state index contributed by atoms with van der Waals surface area (Å²) in [4.78, 5) is 0. The van der Waals surface area contributed by atoms with Gasteiger partial charge >= 0.3 is 0 Å². The highest BCUT2D eigenvalue weighted by atomic mass is 16.5.